The first-order valence-electron chi connectivity index (χ1n) is 9.96. The number of benzene rings is 1. The van der Waals surface area contributed by atoms with Crippen molar-refractivity contribution in [3.05, 3.63) is 58.7 Å². The molecule has 0 unspecified atom stereocenters. The number of carbonyl (C=O) groups is 2. The Hall–Kier alpha value is -3.50. The minimum Gasteiger partial charge on any atom is -0.370 e. The zero-order valence-corrected chi connectivity index (χ0v) is 17.7. The molecule has 0 saturated carbocycles. The van der Waals surface area contributed by atoms with Gasteiger partial charge in [-0.15, -0.1) is 5.10 Å². The van der Waals surface area contributed by atoms with Crippen molar-refractivity contribution in [2.75, 3.05) is 6.54 Å². The SMILES string of the molecule is Cc1nc2nc(C(F)(F)F)nn2c(C)c1CCC(=O)N(CCC(N)=O)Cc1ccccc1. The second kappa shape index (κ2) is 9.33. The predicted molar refractivity (Wildman–Crippen MR) is 109 cm³/mol. The Labute approximate surface area is 182 Å². The molecule has 0 bridgehead atoms. The van der Waals surface area contributed by atoms with Crippen LogP contribution >= 0.6 is 0 Å². The molecule has 0 saturated heterocycles. The van der Waals surface area contributed by atoms with E-state index in [0.29, 0.717) is 23.5 Å². The van der Waals surface area contributed by atoms with E-state index in [9.17, 15) is 22.8 Å². The lowest BCUT2D eigenvalue weighted by atomic mass is 10.1. The summed E-state index contributed by atoms with van der Waals surface area (Å²) in [6, 6.07) is 9.32. The summed E-state index contributed by atoms with van der Waals surface area (Å²) < 4.78 is 39.9. The second-order valence-electron chi connectivity index (χ2n) is 7.42. The van der Waals surface area contributed by atoms with Crippen LogP contribution in [0.15, 0.2) is 30.3 Å². The van der Waals surface area contributed by atoms with Crippen LogP contribution in [0.4, 0.5) is 13.2 Å². The average molecular weight is 448 g/mol. The summed E-state index contributed by atoms with van der Waals surface area (Å²) in [5, 5.41) is 3.52. The highest BCUT2D eigenvalue weighted by Crippen LogP contribution is 2.27. The molecule has 8 nitrogen and oxygen atoms in total. The van der Waals surface area contributed by atoms with Gasteiger partial charge in [0.15, 0.2) is 0 Å². The lowest BCUT2D eigenvalue weighted by molar-refractivity contribution is -0.144. The first-order valence-corrected chi connectivity index (χ1v) is 9.96. The number of halogens is 3. The number of nitrogens with zero attached hydrogens (tertiary/aromatic N) is 5. The third-order valence-electron chi connectivity index (χ3n) is 5.09. The van der Waals surface area contributed by atoms with E-state index >= 15 is 0 Å². The molecule has 170 valence electrons. The van der Waals surface area contributed by atoms with E-state index in [1.807, 2.05) is 30.3 Å². The predicted octanol–water partition coefficient (Wildman–Crippen LogP) is 2.60. The van der Waals surface area contributed by atoms with Crippen molar-refractivity contribution in [2.24, 2.45) is 5.73 Å². The van der Waals surface area contributed by atoms with E-state index in [2.05, 4.69) is 15.1 Å². The number of aromatic nitrogens is 4. The third kappa shape index (κ3) is 5.40. The Balaban J connectivity index is 1.79. The Kier molecular flexibility index (Phi) is 6.75. The zero-order valence-electron chi connectivity index (χ0n) is 17.7. The standard InChI is InChI=1S/C21H23F3N6O2/c1-13-16(14(2)30-20(26-13)27-19(28-30)21(22,23)24)8-9-18(32)29(11-10-17(25)31)12-15-6-4-3-5-7-15/h3-7H,8-12H2,1-2H3,(H2,25,31). The molecule has 2 heterocycles. The van der Waals surface area contributed by atoms with Crippen molar-refractivity contribution in [1.82, 2.24) is 24.5 Å². The maximum Gasteiger partial charge on any atom is 0.453 e. The second-order valence-corrected chi connectivity index (χ2v) is 7.42. The molecule has 2 amide bonds. The van der Waals surface area contributed by atoms with E-state index in [4.69, 9.17) is 5.73 Å². The van der Waals surface area contributed by atoms with Gasteiger partial charge in [-0.3, -0.25) is 9.59 Å². The van der Waals surface area contributed by atoms with Gasteiger partial charge in [0.1, 0.15) is 0 Å². The number of primary amides is 1. The van der Waals surface area contributed by atoms with Gasteiger partial charge in [-0.05, 0) is 31.4 Å². The molecule has 2 N–H and O–H groups in total. The van der Waals surface area contributed by atoms with Crippen LogP contribution in [0, 0.1) is 13.8 Å². The normalized spacial score (nSPS) is 11.7. The summed E-state index contributed by atoms with van der Waals surface area (Å²) in [4.78, 5) is 33.3. The summed E-state index contributed by atoms with van der Waals surface area (Å²) in [5.74, 6) is -2.12. The van der Waals surface area contributed by atoms with Gasteiger partial charge in [-0.1, -0.05) is 30.3 Å². The zero-order chi connectivity index (χ0) is 23.5. The minimum atomic E-state index is -4.68. The molecule has 11 heteroatoms. The molecule has 0 radical (unpaired) electrons. The van der Waals surface area contributed by atoms with Gasteiger partial charge in [0.2, 0.25) is 11.8 Å². The van der Waals surface area contributed by atoms with Crippen LogP contribution in [0.25, 0.3) is 5.78 Å². The van der Waals surface area contributed by atoms with Gasteiger partial charge in [0.05, 0.1) is 0 Å². The fraction of sp³-hybridized carbons (Fsp3) is 0.381. The van der Waals surface area contributed by atoms with E-state index in [1.54, 1.807) is 18.7 Å². The van der Waals surface area contributed by atoms with E-state index in [1.165, 1.54) is 0 Å². The van der Waals surface area contributed by atoms with Crippen molar-refractivity contribution < 1.29 is 22.8 Å². The molecule has 0 spiro atoms. The Morgan fingerprint density at radius 3 is 2.41 bits per heavy atom. The number of rotatable bonds is 8. The van der Waals surface area contributed by atoms with Crippen LogP contribution < -0.4 is 5.73 Å². The Morgan fingerprint density at radius 1 is 1.09 bits per heavy atom. The lowest BCUT2D eigenvalue weighted by Gasteiger charge is -2.23. The molecule has 2 aromatic heterocycles. The van der Waals surface area contributed by atoms with Gasteiger partial charge in [-0.25, -0.2) is 9.50 Å². The topological polar surface area (TPSA) is 106 Å². The fourth-order valence-corrected chi connectivity index (χ4v) is 3.42. The highest BCUT2D eigenvalue weighted by atomic mass is 19.4. The molecule has 1 aromatic carbocycles. The highest BCUT2D eigenvalue weighted by molar-refractivity contribution is 5.78. The van der Waals surface area contributed by atoms with Crippen LogP contribution in [-0.4, -0.2) is 42.8 Å². The summed E-state index contributed by atoms with van der Waals surface area (Å²) in [7, 11) is 0. The summed E-state index contributed by atoms with van der Waals surface area (Å²) in [6.07, 6.45) is -4.31. The van der Waals surface area contributed by atoms with Crippen molar-refractivity contribution in [2.45, 2.75) is 45.8 Å². The molecular weight excluding hydrogens is 425 g/mol. The first-order chi connectivity index (χ1) is 15.1. The Bertz CT molecular complexity index is 1130. The molecule has 0 atom stereocenters. The lowest BCUT2D eigenvalue weighted by Crippen LogP contribution is -2.34. The summed E-state index contributed by atoms with van der Waals surface area (Å²) in [6.45, 7) is 3.77. The van der Waals surface area contributed by atoms with Crippen molar-refractivity contribution in [3.8, 4) is 0 Å². The molecule has 0 aliphatic carbocycles. The van der Waals surface area contributed by atoms with Crippen LogP contribution in [-0.2, 0) is 28.7 Å². The van der Waals surface area contributed by atoms with Crippen LogP contribution in [0.2, 0.25) is 0 Å². The number of carbonyl (C=O) groups excluding carboxylic acids is 2. The maximum atomic E-state index is 13.0. The molecule has 3 aromatic rings. The maximum absolute atomic E-state index is 13.0. The third-order valence-corrected chi connectivity index (χ3v) is 5.09. The van der Waals surface area contributed by atoms with Gasteiger partial charge < -0.3 is 10.6 Å². The fourth-order valence-electron chi connectivity index (χ4n) is 3.42. The number of aryl methyl sites for hydroxylation is 2. The van der Waals surface area contributed by atoms with Crippen molar-refractivity contribution in [3.63, 3.8) is 0 Å². The largest absolute Gasteiger partial charge is 0.453 e. The highest BCUT2D eigenvalue weighted by Gasteiger charge is 2.37. The molecule has 0 aliphatic heterocycles. The minimum absolute atomic E-state index is 0.0311. The number of hydrogen-bond acceptors (Lipinski definition) is 5. The van der Waals surface area contributed by atoms with Gasteiger partial charge in [0.25, 0.3) is 11.6 Å². The van der Waals surface area contributed by atoms with E-state index in [0.717, 1.165) is 10.1 Å². The molecular formula is C21H23F3N6O2. The Morgan fingerprint density at radius 2 is 1.78 bits per heavy atom. The van der Waals surface area contributed by atoms with Crippen LogP contribution in [0.3, 0.4) is 0 Å². The smallest absolute Gasteiger partial charge is 0.370 e. The van der Waals surface area contributed by atoms with Crippen molar-refractivity contribution in [1.29, 1.82) is 0 Å². The van der Waals surface area contributed by atoms with E-state index in [-0.39, 0.29) is 37.5 Å². The van der Waals surface area contributed by atoms with Gasteiger partial charge in [0, 0.05) is 37.3 Å². The molecule has 0 fully saturated rings. The van der Waals surface area contributed by atoms with Crippen LogP contribution in [0.5, 0.6) is 0 Å². The summed E-state index contributed by atoms with van der Waals surface area (Å²) >= 11 is 0. The molecule has 3 rings (SSSR count). The number of alkyl halides is 3. The van der Waals surface area contributed by atoms with Gasteiger partial charge >= 0.3 is 6.18 Å². The quantitative estimate of drug-likeness (QED) is 0.570. The van der Waals surface area contributed by atoms with E-state index < -0.39 is 17.9 Å². The average Bonchev–Trinajstić information content (AvgIpc) is 3.16. The number of nitrogens with two attached hydrogens (primary N) is 1. The molecule has 32 heavy (non-hydrogen) atoms. The number of amides is 2. The number of fused-ring (bicyclic) bond motifs is 1. The number of hydrogen-bond donors (Lipinski definition) is 1. The first kappa shape index (κ1) is 23.2. The summed E-state index contributed by atoms with van der Waals surface area (Å²) in [5.41, 5.74) is 7.70. The molecule has 0 aliphatic rings. The van der Waals surface area contributed by atoms with Crippen LogP contribution in [0.1, 0.15) is 41.2 Å². The van der Waals surface area contributed by atoms with Crippen molar-refractivity contribution >= 4 is 17.6 Å². The monoisotopic (exact) mass is 448 g/mol. The van der Waals surface area contributed by atoms with Gasteiger partial charge in [-0.2, -0.15) is 18.2 Å².